The lowest BCUT2D eigenvalue weighted by Gasteiger charge is -2.12. The van der Waals surface area contributed by atoms with Gasteiger partial charge in [-0.25, -0.2) is 0 Å². The van der Waals surface area contributed by atoms with Gasteiger partial charge in [-0.3, -0.25) is 4.98 Å². The maximum absolute atomic E-state index is 10.0. The summed E-state index contributed by atoms with van der Waals surface area (Å²) in [6.45, 7) is 1.10. The van der Waals surface area contributed by atoms with Crippen molar-refractivity contribution in [3.8, 4) is 0 Å². The van der Waals surface area contributed by atoms with Gasteiger partial charge in [-0.15, -0.1) is 0 Å². The first kappa shape index (κ1) is 14.7. The molecule has 1 aromatic carbocycles. The Kier molecular flexibility index (Phi) is 5.51. The van der Waals surface area contributed by atoms with Crippen LogP contribution < -0.4 is 5.32 Å². The predicted molar refractivity (Wildman–Crippen MR) is 82.7 cm³/mol. The summed E-state index contributed by atoms with van der Waals surface area (Å²) in [4.78, 5) is 4.31. The van der Waals surface area contributed by atoms with Crippen LogP contribution in [-0.4, -0.2) is 16.6 Å². The Labute approximate surface area is 129 Å². The largest absolute Gasteiger partial charge is 0.387 e. The maximum atomic E-state index is 10.0. The molecule has 2 N–H and O–H groups in total. The Hall–Kier alpha value is -0.750. The zero-order valence-electron chi connectivity index (χ0n) is 10.2. The number of aliphatic hydroxyl groups excluding tert-OH is 1. The highest BCUT2D eigenvalue weighted by molar-refractivity contribution is 9.11. The Balaban J connectivity index is 1.86. The number of halogens is 2. The third-order valence-electron chi connectivity index (χ3n) is 2.70. The zero-order valence-corrected chi connectivity index (χ0v) is 13.4. The Morgan fingerprint density at radius 1 is 1.21 bits per heavy atom. The smallest absolute Gasteiger partial charge is 0.0914 e. The number of benzene rings is 1. The first-order valence-electron chi connectivity index (χ1n) is 5.90. The summed E-state index contributed by atoms with van der Waals surface area (Å²) in [6, 6.07) is 11.6. The molecule has 0 aliphatic rings. The van der Waals surface area contributed by atoms with Crippen molar-refractivity contribution in [1.82, 2.24) is 10.3 Å². The molecular weight excluding hydrogens is 372 g/mol. The molecule has 0 bridgehead atoms. The number of hydrogen-bond acceptors (Lipinski definition) is 3. The second-order valence-electron chi connectivity index (χ2n) is 4.14. The lowest BCUT2D eigenvalue weighted by Crippen LogP contribution is -2.21. The van der Waals surface area contributed by atoms with E-state index in [2.05, 4.69) is 42.2 Å². The molecule has 3 nitrogen and oxygen atoms in total. The standard InChI is InChI=1S/C14H14Br2N2O/c15-11-6-12(16)13(18-7-11)8-17-9-14(19)10-4-2-1-3-5-10/h1-7,14,17,19H,8-9H2. The SMILES string of the molecule is OC(CNCc1ncc(Br)cc1Br)c1ccccc1. The normalized spacial score (nSPS) is 12.4. The third-order valence-corrected chi connectivity index (χ3v) is 3.82. The second-order valence-corrected chi connectivity index (χ2v) is 5.91. The van der Waals surface area contributed by atoms with Crippen molar-refractivity contribution in [2.24, 2.45) is 0 Å². The van der Waals surface area contributed by atoms with Crippen LogP contribution in [0.3, 0.4) is 0 Å². The second kappa shape index (κ2) is 7.14. The van der Waals surface area contributed by atoms with E-state index in [0.29, 0.717) is 13.1 Å². The summed E-state index contributed by atoms with van der Waals surface area (Å²) in [5.41, 5.74) is 1.83. The van der Waals surface area contributed by atoms with Crippen LogP contribution in [0.2, 0.25) is 0 Å². The minimum atomic E-state index is -0.504. The Bertz CT molecular complexity index is 534. The van der Waals surface area contributed by atoms with Crippen molar-refractivity contribution in [3.05, 3.63) is 62.8 Å². The topological polar surface area (TPSA) is 45.1 Å². The highest BCUT2D eigenvalue weighted by atomic mass is 79.9. The van der Waals surface area contributed by atoms with Crippen LogP contribution in [0.15, 0.2) is 51.5 Å². The number of rotatable bonds is 5. The van der Waals surface area contributed by atoms with Gasteiger partial charge >= 0.3 is 0 Å². The van der Waals surface area contributed by atoms with Crippen molar-refractivity contribution < 1.29 is 5.11 Å². The number of hydrogen-bond donors (Lipinski definition) is 2. The first-order chi connectivity index (χ1) is 9.16. The minimum Gasteiger partial charge on any atom is -0.387 e. The molecular formula is C14H14Br2N2O. The fourth-order valence-corrected chi connectivity index (χ4v) is 2.82. The maximum Gasteiger partial charge on any atom is 0.0914 e. The van der Waals surface area contributed by atoms with Crippen LogP contribution in [0.25, 0.3) is 0 Å². The molecule has 100 valence electrons. The Morgan fingerprint density at radius 3 is 2.63 bits per heavy atom. The van der Waals surface area contributed by atoms with Gasteiger partial charge in [-0.1, -0.05) is 30.3 Å². The van der Waals surface area contributed by atoms with Crippen LogP contribution in [0.4, 0.5) is 0 Å². The number of nitrogens with one attached hydrogen (secondary N) is 1. The number of aromatic nitrogens is 1. The average molecular weight is 386 g/mol. The lowest BCUT2D eigenvalue weighted by molar-refractivity contribution is 0.174. The Morgan fingerprint density at radius 2 is 1.95 bits per heavy atom. The van der Waals surface area contributed by atoms with E-state index in [0.717, 1.165) is 20.2 Å². The molecule has 0 aliphatic heterocycles. The van der Waals surface area contributed by atoms with E-state index in [-0.39, 0.29) is 0 Å². The van der Waals surface area contributed by atoms with Gasteiger partial charge in [0, 0.05) is 28.2 Å². The minimum absolute atomic E-state index is 0.494. The molecule has 1 heterocycles. The first-order valence-corrected chi connectivity index (χ1v) is 7.49. The van der Waals surface area contributed by atoms with Crippen LogP contribution >= 0.6 is 31.9 Å². The average Bonchev–Trinajstić information content (AvgIpc) is 2.42. The predicted octanol–water partition coefficient (Wildman–Crippen LogP) is 3.43. The van der Waals surface area contributed by atoms with Crippen LogP contribution in [0, 0.1) is 0 Å². The molecule has 1 aromatic heterocycles. The molecule has 1 unspecified atom stereocenters. The van der Waals surface area contributed by atoms with Gasteiger partial charge in [-0.05, 0) is 43.5 Å². The van der Waals surface area contributed by atoms with Crippen LogP contribution in [-0.2, 0) is 6.54 Å². The van der Waals surface area contributed by atoms with Gasteiger partial charge in [0.15, 0.2) is 0 Å². The van der Waals surface area contributed by atoms with E-state index in [1.54, 1.807) is 6.20 Å². The van der Waals surface area contributed by atoms with Crippen LogP contribution in [0.1, 0.15) is 17.4 Å². The molecule has 19 heavy (non-hydrogen) atoms. The highest BCUT2D eigenvalue weighted by Gasteiger charge is 2.07. The summed E-state index contributed by atoms with van der Waals surface area (Å²) in [7, 11) is 0. The van der Waals surface area contributed by atoms with E-state index in [1.165, 1.54) is 0 Å². The van der Waals surface area contributed by atoms with E-state index in [9.17, 15) is 5.11 Å². The van der Waals surface area contributed by atoms with Crippen molar-refractivity contribution in [1.29, 1.82) is 0 Å². The molecule has 0 saturated heterocycles. The summed E-state index contributed by atoms with van der Waals surface area (Å²) in [5.74, 6) is 0. The molecule has 5 heteroatoms. The van der Waals surface area contributed by atoms with Gasteiger partial charge < -0.3 is 10.4 Å². The molecule has 2 aromatic rings. The molecule has 2 rings (SSSR count). The van der Waals surface area contributed by atoms with Crippen LogP contribution in [0.5, 0.6) is 0 Å². The lowest BCUT2D eigenvalue weighted by atomic mass is 10.1. The van der Waals surface area contributed by atoms with E-state index in [4.69, 9.17) is 0 Å². The fourth-order valence-electron chi connectivity index (χ4n) is 1.69. The monoisotopic (exact) mass is 384 g/mol. The van der Waals surface area contributed by atoms with Gasteiger partial charge in [0.2, 0.25) is 0 Å². The van der Waals surface area contributed by atoms with E-state index < -0.39 is 6.10 Å². The highest BCUT2D eigenvalue weighted by Crippen LogP contribution is 2.19. The number of aliphatic hydroxyl groups is 1. The molecule has 0 fully saturated rings. The third kappa shape index (κ3) is 4.38. The molecule has 0 spiro atoms. The van der Waals surface area contributed by atoms with Crippen molar-refractivity contribution in [2.45, 2.75) is 12.6 Å². The number of nitrogens with zero attached hydrogens (tertiary/aromatic N) is 1. The van der Waals surface area contributed by atoms with Crippen molar-refractivity contribution in [2.75, 3.05) is 6.54 Å². The van der Waals surface area contributed by atoms with Crippen molar-refractivity contribution >= 4 is 31.9 Å². The molecule has 0 amide bonds. The van der Waals surface area contributed by atoms with Gasteiger partial charge in [0.25, 0.3) is 0 Å². The fraction of sp³-hybridized carbons (Fsp3) is 0.214. The summed E-state index contributed by atoms with van der Waals surface area (Å²) >= 11 is 6.83. The summed E-state index contributed by atoms with van der Waals surface area (Å²) in [6.07, 6.45) is 1.26. The van der Waals surface area contributed by atoms with Gasteiger partial charge in [0.1, 0.15) is 0 Å². The molecule has 0 radical (unpaired) electrons. The van der Waals surface area contributed by atoms with Crippen molar-refractivity contribution in [3.63, 3.8) is 0 Å². The van der Waals surface area contributed by atoms with E-state index in [1.807, 2.05) is 36.4 Å². The van der Waals surface area contributed by atoms with Gasteiger partial charge in [0.05, 0.1) is 11.8 Å². The van der Waals surface area contributed by atoms with Gasteiger partial charge in [-0.2, -0.15) is 0 Å². The summed E-state index contributed by atoms with van der Waals surface area (Å²) in [5, 5.41) is 13.2. The number of pyridine rings is 1. The molecule has 0 aliphatic carbocycles. The molecule has 0 saturated carbocycles. The summed E-state index contributed by atoms with van der Waals surface area (Å²) < 4.78 is 1.89. The van der Waals surface area contributed by atoms with E-state index >= 15 is 0 Å². The zero-order chi connectivity index (χ0) is 13.7. The quantitative estimate of drug-likeness (QED) is 0.828. The molecule has 1 atom stereocenters.